The van der Waals surface area contributed by atoms with Crippen LogP contribution in [0.2, 0.25) is 0 Å². The molecule has 7 nitrogen and oxygen atoms in total. The van der Waals surface area contributed by atoms with E-state index in [1.165, 1.54) is 19.2 Å². The molecule has 0 bridgehead atoms. The van der Waals surface area contributed by atoms with Crippen molar-refractivity contribution in [2.45, 2.75) is 26.2 Å². The smallest absolute Gasteiger partial charge is 0.193 e. The topological polar surface area (TPSA) is 97.5 Å². The van der Waals surface area contributed by atoms with Crippen LogP contribution in [-0.2, 0) is 11.2 Å². The van der Waals surface area contributed by atoms with Crippen LogP contribution in [0.4, 0.5) is 0 Å². The number of nitrogens with zero attached hydrogens (tertiary/aromatic N) is 3. The van der Waals surface area contributed by atoms with Crippen LogP contribution in [0.25, 0.3) is 17.1 Å². The third-order valence-corrected chi connectivity index (χ3v) is 4.53. The molecule has 8 heteroatoms. The summed E-state index contributed by atoms with van der Waals surface area (Å²) >= 11 is 3.86. The molecule has 2 N–H and O–H groups in total. The predicted octanol–water partition coefficient (Wildman–Crippen LogP) is 3.48. The van der Waals surface area contributed by atoms with Crippen molar-refractivity contribution >= 4 is 17.7 Å². The van der Waals surface area contributed by atoms with E-state index in [-0.39, 0.29) is 28.8 Å². The summed E-state index contributed by atoms with van der Waals surface area (Å²) in [4.78, 5) is 11.6. The highest BCUT2D eigenvalue weighted by molar-refractivity contribution is 7.96. The molecule has 0 saturated heterocycles. The maximum absolute atomic E-state index is 11.6. The van der Waals surface area contributed by atoms with Gasteiger partial charge in [0.15, 0.2) is 22.4 Å². The lowest BCUT2D eigenvalue weighted by molar-refractivity contribution is -0.110. The summed E-state index contributed by atoms with van der Waals surface area (Å²) in [6.45, 7) is 4.17. The molecule has 0 amide bonds. The fourth-order valence-electron chi connectivity index (χ4n) is 2.94. The second kappa shape index (κ2) is 7.93. The Morgan fingerprint density at radius 3 is 2.57 bits per heavy atom. The van der Waals surface area contributed by atoms with Crippen molar-refractivity contribution in [2.75, 3.05) is 7.11 Å². The van der Waals surface area contributed by atoms with Gasteiger partial charge in [0.2, 0.25) is 0 Å². The van der Waals surface area contributed by atoms with E-state index in [0.717, 1.165) is 11.3 Å². The molecule has 0 aliphatic carbocycles. The van der Waals surface area contributed by atoms with E-state index in [4.69, 9.17) is 4.74 Å². The summed E-state index contributed by atoms with van der Waals surface area (Å²) < 4.78 is 6.84. The van der Waals surface area contributed by atoms with Crippen LogP contribution < -0.4 is 4.74 Å². The maximum Gasteiger partial charge on any atom is 0.193 e. The van der Waals surface area contributed by atoms with Crippen LogP contribution in [0.5, 0.6) is 17.2 Å². The monoisotopic (exact) mass is 399 g/mol. The van der Waals surface area contributed by atoms with Gasteiger partial charge in [-0.15, -0.1) is 22.8 Å². The fraction of sp³-hybridized carbons (Fsp3) is 0.250. The molecule has 0 spiro atoms. The van der Waals surface area contributed by atoms with Crippen molar-refractivity contribution in [3.63, 3.8) is 0 Å². The maximum atomic E-state index is 11.6. The molecule has 0 aliphatic rings. The predicted molar refractivity (Wildman–Crippen MR) is 108 cm³/mol. The van der Waals surface area contributed by atoms with E-state index in [9.17, 15) is 15.0 Å². The van der Waals surface area contributed by atoms with E-state index in [1.54, 1.807) is 4.57 Å². The molecule has 0 unspecified atom stereocenters. The molecule has 0 radical (unpaired) electrons. The quantitative estimate of drug-likeness (QED) is 0.549. The number of carbonyl (C=O) groups excluding carboxylic acids is 1. The number of hydrogen-bond acceptors (Lipinski definition) is 6. The molecule has 3 aromatic rings. The average Bonchev–Trinajstić information content (AvgIpc) is 3.04. The van der Waals surface area contributed by atoms with Gasteiger partial charge in [-0.2, -0.15) is 0 Å². The summed E-state index contributed by atoms with van der Waals surface area (Å²) in [5.74, 6) is 0.823. The number of phenols is 2. The van der Waals surface area contributed by atoms with Crippen LogP contribution >= 0.6 is 12.6 Å². The van der Waals surface area contributed by atoms with Gasteiger partial charge in [-0.3, -0.25) is 9.36 Å². The summed E-state index contributed by atoms with van der Waals surface area (Å²) in [5, 5.41) is 28.2. The van der Waals surface area contributed by atoms with Gasteiger partial charge in [0, 0.05) is 11.8 Å². The molecule has 0 aliphatic heterocycles. The minimum absolute atomic E-state index is 0.0298. The number of aromatic nitrogens is 3. The Morgan fingerprint density at radius 2 is 1.93 bits per heavy atom. The van der Waals surface area contributed by atoms with Crippen molar-refractivity contribution in [3.8, 4) is 34.3 Å². The Kier molecular flexibility index (Phi) is 5.60. The Hall–Kier alpha value is -3.00. The first kappa shape index (κ1) is 19.8. The zero-order valence-corrected chi connectivity index (χ0v) is 16.6. The van der Waals surface area contributed by atoms with E-state index in [2.05, 4.69) is 36.7 Å². The molecule has 1 aromatic heterocycles. The van der Waals surface area contributed by atoms with Crippen LogP contribution in [0.15, 0.2) is 36.4 Å². The highest BCUT2D eigenvalue weighted by Crippen LogP contribution is 2.39. The zero-order chi connectivity index (χ0) is 20.4. The van der Waals surface area contributed by atoms with Gasteiger partial charge in [0.05, 0.1) is 19.1 Å². The molecular formula is C20H21N3O4S. The van der Waals surface area contributed by atoms with Crippen LogP contribution in [-0.4, -0.2) is 37.2 Å². The van der Waals surface area contributed by atoms with Crippen LogP contribution in [0, 0.1) is 0 Å². The fourth-order valence-corrected chi connectivity index (χ4v) is 3.08. The second-order valence-corrected chi connectivity index (χ2v) is 7.14. The van der Waals surface area contributed by atoms with Crippen LogP contribution in [0.1, 0.15) is 31.2 Å². The molecule has 0 saturated carbocycles. The number of rotatable bonds is 6. The molecule has 0 fully saturated rings. The number of phenolic OH excluding ortho intramolecular Hbond substituents is 2. The van der Waals surface area contributed by atoms with Gasteiger partial charge in [0.1, 0.15) is 11.6 Å². The van der Waals surface area contributed by atoms with E-state index in [0.29, 0.717) is 23.1 Å². The Labute approximate surface area is 168 Å². The van der Waals surface area contributed by atoms with E-state index >= 15 is 0 Å². The summed E-state index contributed by atoms with van der Waals surface area (Å²) in [6, 6.07) is 10.4. The van der Waals surface area contributed by atoms with Crippen molar-refractivity contribution in [1.29, 1.82) is 0 Å². The van der Waals surface area contributed by atoms with Gasteiger partial charge in [-0.1, -0.05) is 26.0 Å². The van der Waals surface area contributed by atoms with E-state index in [1.807, 2.05) is 24.3 Å². The molecule has 2 aromatic carbocycles. The lowest BCUT2D eigenvalue weighted by atomic mass is 10.0. The van der Waals surface area contributed by atoms with Gasteiger partial charge in [-0.25, -0.2) is 0 Å². The lowest BCUT2D eigenvalue weighted by Gasteiger charge is -2.14. The second-order valence-electron chi connectivity index (χ2n) is 6.64. The number of thiol groups is 1. The first-order chi connectivity index (χ1) is 13.3. The molecule has 28 heavy (non-hydrogen) atoms. The average molecular weight is 399 g/mol. The van der Waals surface area contributed by atoms with Gasteiger partial charge >= 0.3 is 0 Å². The van der Waals surface area contributed by atoms with Crippen molar-refractivity contribution in [1.82, 2.24) is 14.8 Å². The molecular weight excluding hydrogens is 378 g/mol. The number of ether oxygens (including phenoxy) is 1. The van der Waals surface area contributed by atoms with Gasteiger partial charge in [0.25, 0.3) is 0 Å². The number of aromatic hydroxyl groups is 2. The highest BCUT2D eigenvalue weighted by Gasteiger charge is 2.21. The number of carbonyl (C=O) groups is 1. The largest absolute Gasteiger partial charge is 0.507 e. The normalized spacial score (nSPS) is 11.0. The minimum atomic E-state index is -0.354. The third kappa shape index (κ3) is 3.82. The summed E-state index contributed by atoms with van der Waals surface area (Å²) in [5.41, 5.74) is 2.17. The number of methoxy groups -OCH3 is 1. The number of hydrogen-bond donors (Lipinski definition) is 3. The Bertz CT molecular complexity index is 1030. The van der Waals surface area contributed by atoms with Gasteiger partial charge in [-0.05, 0) is 29.7 Å². The zero-order valence-electron chi connectivity index (χ0n) is 15.7. The van der Waals surface area contributed by atoms with Crippen LogP contribution in [0.3, 0.4) is 0 Å². The highest BCUT2D eigenvalue weighted by atomic mass is 32.1. The van der Waals surface area contributed by atoms with Gasteiger partial charge < -0.3 is 14.9 Å². The third-order valence-electron chi connectivity index (χ3n) is 4.37. The Balaban J connectivity index is 2.26. The first-order valence-corrected chi connectivity index (χ1v) is 9.13. The minimum Gasteiger partial charge on any atom is -0.507 e. The SMILES string of the molecule is COc1cc(-c2nnc(CC(=O)S)n2-c2cccc(C(C)C)c2)c(O)cc1O. The summed E-state index contributed by atoms with van der Waals surface area (Å²) in [7, 11) is 1.41. The first-order valence-electron chi connectivity index (χ1n) is 8.68. The van der Waals surface area contributed by atoms with Crippen molar-refractivity contribution in [2.24, 2.45) is 0 Å². The van der Waals surface area contributed by atoms with Crippen molar-refractivity contribution < 1.29 is 19.7 Å². The van der Waals surface area contributed by atoms with Crippen molar-refractivity contribution in [3.05, 3.63) is 47.8 Å². The Morgan fingerprint density at radius 1 is 1.18 bits per heavy atom. The standard InChI is InChI=1S/C20H21N3O4S/c1-11(2)12-5-4-6-13(7-12)23-18(10-19(26)28)21-22-20(23)14-8-17(27-3)16(25)9-15(14)24/h4-9,11,24-25H,10H2,1-3H3,(H,26,28). The molecule has 1 heterocycles. The molecule has 146 valence electrons. The summed E-state index contributed by atoms with van der Waals surface area (Å²) in [6.07, 6.45) is -0.0298. The number of benzene rings is 2. The molecule has 0 atom stereocenters. The van der Waals surface area contributed by atoms with E-state index < -0.39 is 0 Å². The lowest BCUT2D eigenvalue weighted by Crippen LogP contribution is -2.07. The molecule has 3 rings (SSSR count).